The highest BCUT2D eigenvalue weighted by atomic mass is 16.5. The van der Waals surface area contributed by atoms with Crippen molar-refractivity contribution in [2.75, 3.05) is 38.2 Å². The van der Waals surface area contributed by atoms with Crippen molar-refractivity contribution < 1.29 is 9.53 Å². The number of carbonyl (C=O) groups excluding carboxylic acids is 1. The van der Waals surface area contributed by atoms with Crippen molar-refractivity contribution in [3.8, 4) is 0 Å². The predicted octanol–water partition coefficient (Wildman–Crippen LogP) is 3.78. The van der Waals surface area contributed by atoms with E-state index in [1.54, 1.807) is 4.57 Å². The molecule has 32 heavy (non-hydrogen) atoms. The fourth-order valence-electron chi connectivity index (χ4n) is 4.14. The van der Waals surface area contributed by atoms with Gasteiger partial charge in [0, 0.05) is 54.4 Å². The molecule has 0 atom stereocenters. The molecule has 1 amide bonds. The number of fused-ring (bicyclic) bond motifs is 1. The Kier molecular flexibility index (Phi) is 7.02. The number of morpholine rings is 1. The molecule has 1 saturated heterocycles. The number of hydrogen-bond acceptors (Lipinski definition) is 4. The quantitative estimate of drug-likeness (QED) is 0.616. The number of hydrogen-bond donors (Lipinski definition) is 1. The number of pyridine rings is 1. The van der Waals surface area contributed by atoms with Gasteiger partial charge in [-0.15, -0.1) is 0 Å². The van der Waals surface area contributed by atoms with Crippen LogP contribution in [0.4, 0.5) is 5.69 Å². The van der Waals surface area contributed by atoms with Gasteiger partial charge in [0.15, 0.2) is 0 Å². The summed E-state index contributed by atoms with van der Waals surface area (Å²) in [5.41, 5.74) is 2.44. The standard InChI is InChI=1S/C26H31N3O3/c1-19(2)18-20-6-8-21(9-7-20)25(30)27-24-5-3-4-23-22(24)10-11-29(26(23)31)13-12-28-14-16-32-17-15-28/h3-11,19H,12-18H2,1-2H3,(H,27,30). The first-order chi connectivity index (χ1) is 15.5. The van der Waals surface area contributed by atoms with E-state index in [0.717, 1.165) is 44.7 Å². The molecule has 1 aliphatic rings. The molecule has 1 aromatic heterocycles. The maximum Gasteiger partial charge on any atom is 0.258 e. The van der Waals surface area contributed by atoms with E-state index in [2.05, 4.69) is 24.1 Å². The second-order valence-corrected chi connectivity index (χ2v) is 8.78. The summed E-state index contributed by atoms with van der Waals surface area (Å²) in [5, 5.41) is 4.35. The normalized spacial score (nSPS) is 14.7. The molecule has 0 saturated carbocycles. The summed E-state index contributed by atoms with van der Waals surface area (Å²) in [6.45, 7) is 9.10. The summed E-state index contributed by atoms with van der Waals surface area (Å²) in [6.07, 6.45) is 2.81. The zero-order chi connectivity index (χ0) is 22.5. The van der Waals surface area contributed by atoms with Gasteiger partial charge >= 0.3 is 0 Å². The molecule has 1 N–H and O–H groups in total. The second-order valence-electron chi connectivity index (χ2n) is 8.78. The molecule has 6 heteroatoms. The Hall–Kier alpha value is -2.96. The highest BCUT2D eigenvalue weighted by molar-refractivity contribution is 6.09. The van der Waals surface area contributed by atoms with Gasteiger partial charge in [0.2, 0.25) is 0 Å². The number of nitrogens with zero attached hydrogens (tertiary/aromatic N) is 2. The van der Waals surface area contributed by atoms with Crippen LogP contribution >= 0.6 is 0 Å². The van der Waals surface area contributed by atoms with Crippen molar-refractivity contribution in [2.45, 2.75) is 26.8 Å². The maximum absolute atomic E-state index is 13.0. The monoisotopic (exact) mass is 433 g/mol. The minimum atomic E-state index is -0.176. The molecule has 168 valence electrons. The molecule has 1 fully saturated rings. The van der Waals surface area contributed by atoms with Crippen LogP contribution in [-0.4, -0.2) is 48.2 Å². The fourth-order valence-corrected chi connectivity index (χ4v) is 4.14. The smallest absolute Gasteiger partial charge is 0.258 e. The molecule has 4 rings (SSSR count). The van der Waals surface area contributed by atoms with E-state index in [-0.39, 0.29) is 11.5 Å². The number of benzene rings is 2. The molecule has 2 heterocycles. The largest absolute Gasteiger partial charge is 0.379 e. The lowest BCUT2D eigenvalue weighted by atomic mass is 10.0. The van der Waals surface area contributed by atoms with Gasteiger partial charge in [0.05, 0.1) is 13.2 Å². The molecule has 0 spiro atoms. The Labute approximate surface area is 188 Å². The van der Waals surface area contributed by atoms with Crippen LogP contribution in [0.5, 0.6) is 0 Å². The summed E-state index contributed by atoms with van der Waals surface area (Å²) >= 11 is 0. The van der Waals surface area contributed by atoms with Gasteiger partial charge in [-0.25, -0.2) is 0 Å². The van der Waals surface area contributed by atoms with Gasteiger partial charge in [-0.2, -0.15) is 0 Å². The molecule has 6 nitrogen and oxygen atoms in total. The van der Waals surface area contributed by atoms with Gasteiger partial charge < -0.3 is 14.6 Å². The molecule has 0 bridgehead atoms. The topological polar surface area (TPSA) is 63.6 Å². The Balaban J connectivity index is 1.50. The Bertz CT molecular complexity index is 1130. The number of nitrogens with one attached hydrogen (secondary N) is 1. The molecule has 0 unspecified atom stereocenters. The average Bonchev–Trinajstić information content (AvgIpc) is 2.80. The SMILES string of the molecule is CC(C)Cc1ccc(C(=O)Nc2cccc3c(=O)n(CCN4CCOCC4)ccc23)cc1. The lowest BCUT2D eigenvalue weighted by Gasteiger charge is -2.26. The lowest BCUT2D eigenvalue weighted by Crippen LogP contribution is -2.39. The second kappa shape index (κ2) is 10.1. The van der Waals surface area contributed by atoms with Crippen LogP contribution in [0.1, 0.15) is 29.8 Å². The van der Waals surface area contributed by atoms with Crippen molar-refractivity contribution >= 4 is 22.4 Å². The number of aromatic nitrogens is 1. The number of carbonyl (C=O) groups is 1. The van der Waals surface area contributed by atoms with Gasteiger partial charge in [-0.3, -0.25) is 14.5 Å². The number of amides is 1. The summed E-state index contributed by atoms with van der Waals surface area (Å²) in [4.78, 5) is 28.2. The van der Waals surface area contributed by atoms with Crippen LogP contribution < -0.4 is 10.9 Å². The first-order valence-electron chi connectivity index (χ1n) is 11.3. The Morgan fingerprint density at radius 3 is 2.47 bits per heavy atom. The van der Waals surface area contributed by atoms with E-state index in [9.17, 15) is 9.59 Å². The average molecular weight is 434 g/mol. The van der Waals surface area contributed by atoms with E-state index in [1.165, 1.54) is 5.56 Å². The van der Waals surface area contributed by atoms with Crippen LogP contribution in [-0.2, 0) is 17.7 Å². The summed E-state index contributed by atoms with van der Waals surface area (Å²) in [5.74, 6) is 0.397. The Morgan fingerprint density at radius 1 is 1.00 bits per heavy atom. The number of rotatable bonds is 7. The number of ether oxygens (including phenoxy) is 1. The van der Waals surface area contributed by atoms with Crippen molar-refractivity contribution in [3.63, 3.8) is 0 Å². The first kappa shape index (κ1) is 22.2. The zero-order valence-electron chi connectivity index (χ0n) is 18.8. The van der Waals surface area contributed by atoms with E-state index >= 15 is 0 Å². The van der Waals surface area contributed by atoms with Crippen LogP contribution in [0, 0.1) is 5.92 Å². The van der Waals surface area contributed by atoms with Crippen molar-refractivity contribution in [1.82, 2.24) is 9.47 Å². The molecular formula is C26H31N3O3. The van der Waals surface area contributed by atoms with Crippen LogP contribution in [0.2, 0.25) is 0 Å². The lowest BCUT2D eigenvalue weighted by molar-refractivity contribution is 0.0363. The third kappa shape index (κ3) is 5.26. The van der Waals surface area contributed by atoms with E-state index in [4.69, 9.17) is 4.74 Å². The van der Waals surface area contributed by atoms with Crippen molar-refractivity contribution in [2.24, 2.45) is 5.92 Å². The summed E-state index contributed by atoms with van der Waals surface area (Å²) in [6, 6.07) is 15.1. The highest BCUT2D eigenvalue weighted by Crippen LogP contribution is 2.22. The maximum atomic E-state index is 13.0. The minimum Gasteiger partial charge on any atom is -0.379 e. The first-order valence-corrected chi connectivity index (χ1v) is 11.3. The van der Waals surface area contributed by atoms with Gasteiger partial charge in [0.1, 0.15) is 0 Å². The molecule has 1 aliphatic heterocycles. The summed E-state index contributed by atoms with van der Waals surface area (Å²) in [7, 11) is 0. The van der Waals surface area contributed by atoms with Crippen LogP contribution in [0.3, 0.4) is 0 Å². The Morgan fingerprint density at radius 2 is 1.75 bits per heavy atom. The van der Waals surface area contributed by atoms with E-state index in [1.807, 2.05) is 54.7 Å². The predicted molar refractivity (Wildman–Crippen MR) is 128 cm³/mol. The van der Waals surface area contributed by atoms with E-state index < -0.39 is 0 Å². The molecular weight excluding hydrogens is 402 g/mol. The molecule has 3 aromatic rings. The van der Waals surface area contributed by atoms with E-state index in [0.29, 0.717) is 29.1 Å². The third-order valence-electron chi connectivity index (χ3n) is 5.89. The van der Waals surface area contributed by atoms with Crippen LogP contribution in [0.25, 0.3) is 10.8 Å². The number of anilines is 1. The van der Waals surface area contributed by atoms with Crippen molar-refractivity contribution in [3.05, 3.63) is 76.2 Å². The van der Waals surface area contributed by atoms with Crippen LogP contribution in [0.15, 0.2) is 59.5 Å². The molecule has 0 radical (unpaired) electrons. The third-order valence-corrected chi connectivity index (χ3v) is 5.89. The van der Waals surface area contributed by atoms with Gasteiger partial charge in [-0.1, -0.05) is 32.0 Å². The minimum absolute atomic E-state index is 0.0371. The highest BCUT2D eigenvalue weighted by Gasteiger charge is 2.13. The molecule has 2 aromatic carbocycles. The van der Waals surface area contributed by atoms with Crippen molar-refractivity contribution in [1.29, 1.82) is 0 Å². The molecule has 0 aliphatic carbocycles. The van der Waals surface area contributed by atoms with Gasteiger partial charge in [0.25, 0.3) is 11.5 Å². The van der Waals surface area contributed by atoms with Gasteiger partial charge in [-0.05, 0) is 48.2 Å². The summed E-state index contributed by atoms with van der Waals surface area (Å²) < 4.78 is 7.13. The fraction of sp³-hybridized carbons (Fsp3) is 0.385. The zero-order valence-corrected chi connectivity index (χ0v) is 18.8.